The van der Waals surface area contributed by atoms with Crippen molar-refractivity contribution in [1.82, 2.24) is 19.1 Å². The van der Waals surface area contributed by atoms with Crippen LogP contribution in [0.5, 0.6) is 0 Å². The van der Waals surface area contributed by atoms with Gasteiger partial charge in [-0.15, -0.1) is 0 Å². The van der Waals surface area contributed by atoms with Crippen LogP contribution < -0.4 is 11.2 Å². The summed E-state index contributed by atoms with van der Waals surface area (Å²) in [5.41, 5.74) is 0.0453. The Bertz CT molecular complexity index is 799. The van der Waals surface area contributed by atoms with Crippen LogP contribution in [0.3, 0.4) is 0 Å². The van der Waals surface area contributed by atoms with Gasteiger partial charge in [-0.1, -0.05) is 19.8 Å². The molecular formula is C16H23FN4O2. The van der Waals surface area contributed by atoms with Gasteiger partial charge in [-0.05, 0) is 25.7 Å². The largest absolute Gasteiger partial charge is 0.336 e. The van der Waals surface area contributed by atoms with Crippen molar-refractivity contribution in [2.75, 3.05) is 6.67 Å². The number of hydrogen-bond acceptors (Lipinski definition) is 3. The highest BCUT2D eigenvalue weighted by Gasteiger charge is 2.23. The van der Waals surface area contributed by atoms with Crippen molar-refractivity contribution in [3.05, 3.63) is 26.7 Å². The summed E-state index contributed by atoms with van der Waals surface area (Å²) in [4.78, 5) is 32.9. The fourth-order valence-corrected chi connectivity index (χ4v) is 3.42. The van der Waals surface area contributed by atoms with E-state index in [2.05, 4.69) is 9.97 Å². The number of H-pyrrole nitrogens is 1. The molecule has 0 radical (unpaired) electrons. The Balaban J connectivity index is 2.19. The van der Waals surface area contributed by atoms with E-state index in [9.17, 15) is 14.0 Å². The lowest BCUT2D eigenvalue weighted by Crippen LogP contribution is -2.40. The number of halogens is 1. The summed E-state index contributed by atoms with van der Waals surface area (Å²) in [7, 11) is 0. The van der Waals surface area contributed by atoms with E-state index in [1.54, 1.807) is 0 Å². The van der Waals surface area contributed by atoms with E-state index in [-0.39, 0.29) is 24.2 Å². The molecule has 0 saturated heterocycles. The molecule has 2 heterocycles. The third kappa shape index (κ3) is 2.84. The minimum absolute atomic E-state index is 0.241. The fraction of sp³-hybridized carbons (Fsp3) is 0.688. The lowest BCUT2D eigenvalue weighted by atomic mass is 10.1. The van der Waals surface area contributed by atoms with Crippen LogP contribution in [0.15, 0.2) is 9.59 Å². The van der Waals surface area contributed by atoms with Gasteiger partial charge in [0.15, 0.2) is 5.65 Å². The Labute approximate surface area is 133 Å². The summed E-state index contributed by atoms with van der Waals surface area (Å²) in [5.74, 6) is 1.11. The zero-order valence-corrected chi connectivity index (χ0v) is 13.5. The molecule has 0 bridgehead atoms. The number of hydrogen-bond donors (Lipinski definition) is 1. The van der Waals surface area contributed by atoms with Gasteiger partial charge in [0.05, 0.1) is 6.67 Å². The smallest absolute Gasteiger partial charge is 0.332 e. The monoisotopic (exact) mass is 322 g/mol. The number of alkyl halides is 1. The zero-order valence-electron chi connectivity index (χ0n) is 13.5. The number of imidazole rings is 1. The highest BCUT2D eigenvalue weighted by Crippen LogP contribution is 2.32. The Kier molecular flexibility index (Phi) is 4.63. The third-order valence-corrected chi connectivity index (χ3v) is 4.58. The second-order valence-electron chi connectivity index (χ2n) is 6.24. The summed E-state index contributed by atoms with van der Waals surface area (Å²) in [6, 6.07) is 0. The van der Waals surface area contributed by atoms with Gasteiger partial charge in [0.2, 0.25) is 0 Å². The van der Waals surface area contributed by atoms with E-state index in [0.29, 0.717) is 30.0 Å². The highest BCUT2D eigenvalue weighted by molar-refractivity contribution is 5.70. The predicted molar refractivity (Wildman–Crippen MR) is 86.7 cm³/mol. The summed E-state index contributed by atoms with van der Waals surface area (Å²) >= 11 is 0. The van der Waals surface area contributed by atoms with Gasteiger partial charge in [0.25, 0.3) is 5.56 Å². The minimum Gasteiger partial charge on any atom is -0.336 e. The van der Waals surface area contributed by atoms with Crippen molar-refractivity contribution < 1.29 is 4.39 Å². The number of aromatic nitrogens is 4. The van der Waals surface area contributed by atoms with Gasteiger partial charge in [-0.3, -0.25) is 18.3 Å². The molecule has 0 spiro atoms. The van der Waals surface area contributed by atoms with Gasteiger partial charge in [0, 0.05) is 19.0 Å². The van der Waals surface area contributed by atoms with E-state index < -0.39 is 6.67 Å². The first-order valence-corrected chi connectivity index (χ1v) is 8.46. The molecule has 1 saturated carbocycles. The van der Waals surface area contributed by atoms with Crippen molar-refractivity contribution in [2.45, 2.75) is 64.5 Å². The molecule has 0 unspecified atom stereocenters. The van der Waals surface area contributed by atoms with Gasteiger partial charge in [0.1, 0.15) is 11.3 Å². The van der Waals surface area contributed by atoms with Crippen LogP contribution in [-0.4, -0.2) is 25.8 Å². The number of aromatic amines is 1. The van der Waals surface area contributed by atoms with E-state index in [4.69, 9.17) is 0 Å². The second-order valence-corrected chi connectivity index (χ2v) is 6.24. The maximum atomic E-state index is 12.6. The lowest BCUT2D eigenvalue weighted by molar-refractivity contribution is 0.438. The third-order valence-electron chi connectivity index (χ3n) is 4.58. The number of nitrogens with one attached hydrogen (secondary N) is 1. The number of fused-ring (bicyclic) bond motifs is 1. The minimum atomic E-state index is -0.499. The quantitative estimate of drug-likeness (QED) is 0.887. The van der Waals surface area contributed by atoms with E-state index in [1.807, 2.05) is 6.92 Å². The van der Waals surface area contributed by atoms with Crippen molar-refractivity contribution in [1.29, 1.82) is 0 Å². The first kappa shape index (κ1) is 16.0. The average Bonchev–Trinajstić information content (AvgIpc) is 3.20. The molecule has 1 aliphatic rings. The van der Waals surface area contributed by atoms with Gasteiger partial charge in [-0.2, -0.15) is 0 Å². The first-order valence-electron chi connectivity index (χ1n) is 8.46. The Morgan fingerprint density at radius 1 is 1.22 bits per heavy atom. The topological polar surface area (TPSA) is 72.7 Å². The van der Waals surface area contributed by atoms with Crippen LogP contribution in [-0.2, 0) is 13.1 Å². The molecule has 7 heteroatoms. The predicted octanol–water partition coefficient (Wildman–Crippen LogP) is 2.31. The van der Waals surface area contributed by atoms with Crippen molar-refractivity contribution in [3.8, 4) is 0 Å². The number of aryl methyl sites for hydroxylation is 1. The molecule has 23 heavy (non-hydrogen) atoms. The van der Waals surface area contributed by atoms with Gasteiger partial charge < -0.3 is 4.98 Å². The zero-order chi connectivity index (χ0) is 16.4. The van der Waals surface area contributed by atoms with E-state index in [0.717, 1.165) is 31.5 Å². The summed E-state index contributed by atoms with van der Waals surface area (Å²) < 4.78 is 15.3. The van der Waals surface area contributed by atoms with Crippen LogP contribution in [0.25, 0.3) is 11.2 Å². The summed E-state index contributed by atoms with van der Waals surface area (Å²) in [6.45, 7) is 2.02. The molecule has 2 aromatic rings. The number of rotatable bonds is 6. The van der Waals surface area contributed by atoms with E-state index >= 15 is 0 Å². The van der Waals surface area contributed by atoms with Crippen LogP contribution >= 0.6 is 0 Å². The Morgan fingerprint density at radius 3 is 2.61 bits per heavy atom. The molecule has 1 aliphatic carbocycles. The molecule has 1 fully saturated rings. The fourth-order valence-electron chi connectivity index (χ4n) is 3.42. The molecule has 6 nitrogen and oxygen atoms in total. The van der Waals surface area contributed by atoms with Gasteiger partial charge in [-0.25, -0.2) is 9.78 Å². The maximum Gasteiger partial charge on any atom is 0.332 e. The second kappa shape index (κ2) is 6.68. The van der Waals surface area contributed by atoms with Crippen molar-refractivity contribution in [3.63, 3.8) is 0 Å². The maximum absolute atomic E-state index is 12.6. The van der Waals surface area contributed by atoms with Crippen LogP contribution in [0.4, 0.5) is 4.39 Å². The molecule has 0 atom stereocenters. The lowest BCUT2D eigenvalue weighted by Gasteiger charge is -2.09. The molecule has 3 rings (SSSR count). The molecule has 0 amide bonds. The van der Waals surface area contributed by atoms with Crippen LogP contribution in [0, 0.1) is 0 Å². The number of nitrogens with zero attached hydrogens (tertiary/aromatic N) is 3. The van der Waals surface area contributed by atoms with Crippen molar-refractivity contribution in [2.24, 2.45) is 0 Å². The SMILES string of the molecule is CCCn1c(=O)c2[nH]c(C3CCCC3)nc2n(CCCF)c1=O. The normalized spacial score (nSPS) is 15.7. The van der Waals surface area contributed by atoms with Crippen LogP contribution in [0.1, 0.15) is 57.2 Å². The van der Waals surface area contributed by atoms with Crippen LogP contribution in [0.2, 0.25) is 0 Å². The molecular weight excluding hydrogens is 299 g/mol. The van der Waals surface area contributed by atoms with Gasteiger partial charge >= 0.3 is 5.69 Å². The summed E-state index contributed by atoms with van der Waals surface area (Å²) in [5, 5.41) is 0. The molecule has 2 aromatic heterocycles. The molecule has 0 aromatic carbocycles. The summed E-state index contributed by atoms with van der Waals surface area (Å²) in [6.07, 6.45) is 5.36. The van der Waals surface area contributed by atoms with E-state index in [1.165, 1.54) is 9.13 Å². The standard InChI is InChI=1S/C16H23FN4O2/c1-2-9-21-15(22)12-14(20(16(21)23)10-5-8-17)19-13(18-12)11-6-3-4-7-11/h11H,2-10H2,1H3,(H,18,19). The average molecular weight is 322 g/mol. The van der Waals surface area contributed by atoms with Crippen molar-refractivity contribution >= 4 is 11.2 Å². The Morgan fingerprint density at radius 2 is 1.96 bits per heavy atom. The molecule has 126 valence electrons. The molecule has 0 aliphatic heterocycles. The highest BCUT2D eigenvalue weighted by atomic mass is 19.1. The molecule has 1 N–H and O–H groups in total. The first-order chi connectivity index (χ1) is 11.2. The Hall–Kier alpha value is -1.92.